The Bertz CT molecular complexity index is 1050. The minimum atomic E-state index is 0.763. The summed E-state index contributed by atoms with van der Waals surface area (Å²) < 4.78 is 0. The maximum Gasteiger partial charge on any atom is 0.120 e. The summed E-state index contributed by atoms with van der Waals surface area (Å²) >= 11 is 0. The van der Waals surface area contributed by atoms with Crippen molar-refractivity contribution in [2.75, 3.05) is 46.3 Å². The van der Waals surface area contributed by atoms with E-state index in [0.29, 0.717) is 0 Å². The molecule has 3 heterocycles. The average Bonchev–Trinajstić information content (AvgIpc) is 3.59. The van der Waals surface area contributed by atoms with Crippen molar-refractivity contribution in [2.45, 2.75) is 59.0 Å². The van der Waals surface area contributed by atoms with E-state index in [0.717, 1.165) is 67.7 Å². The first kappa shape index (κ1) is 25.4. The number of hydrogen-bond donors (Lipinski definition) is 2. The van der Waals surface area contributed by atoms with Crippen molar-refractivity contribution in [2.24, 2.45) is 4.99 Å². The van der Waals surface area contributed by atoms with Crippen LogP contribution < -0.4 is 0 Å². The lowest BCUT2D eigenvalue weighted by atomic mass is 10.2. The van der Waals surface area contributed by atoms with Crippen molar-refractivity contribution >= 4 is 16.9 Å². The first-order valence-corrected chi connectivity index (χ1v) is 13.3. The molecule has 0 amide bonds. The van der Waals surface area contributed by atoms with Gasteiger partial charge in [0.2, 0.25) is 0 Å². The summed E-state index contributed by atoms with van der Waals surface area (Å²) in [6.07, 6.45) is 9.57. The fourth-order valence-electron chi connectivity index (χ4n) is 4.89. The van der Waals surface area contributed by atoms with Gasteiger partial charge in [-0.25, -0.2) is 9.97 Å². The van der Waals surface area contributed by atoms with E-state index in [4.69, 9.17) is 9.98 Å². The number of aromatic nitrogens is 4. The summed E-state index contributed by atoms with van der Waals surface area (Å²) in [5, 5.41) is 0. The number of unbranched alkanes of at least 4 members (excludes halogenated alkanes) is 1. The van der Waals surface area contributed by atoms with Gasteiger partial charge < -0.3 is 19.8 Å². The van der Waals surface area contributed by atoms with Crippen LogP contribution in [0.5, 0.6) is 0 Å². The number of aliphatic imine (C=N–C) groups is 1. The lowest BCUT2D eigenvalue weighted by molar-refractivity contribution is 0.269. The largest absolute Gasteiger partial charge is 0.360 e. The lowest BCUT2D eigenvalue weighted by Crippen LogP contribution is -2.36. The van der Waals surface area contributed by atoms with Crippen molar-refractivity contribution in [1.29, 1.82) is 0 Å². The number of imidazole rings is 2. The van der Waals surface area contributed by atoms with E-state index < -0.39 is 0 Å². The maximum absolute atomic E-state index is 4.85. The predicted molar refractivity (Wildman–Crippen MR) is 144 cm³/mol. The number of nitrogens with zero attached hydrogens (tertiary/aromatic N) is 6. The van der Waals surface area contributed by atoms with Gasteiger partial charge in [-0.3, -0.25) is 9.89 Å². The number of likely N-dealkylation sites (N-methyl/N-ethyl adjacent to an activating group) is 1. The monoisotopic (exact) mass is 478 g/mol. The molecule has 0 saturated heterocycles. The molecule has 8 heteroatoms. The topological polar surface area (TPSA) is 79.4 Å². The molecule has 0 unspecified atom stereocenters. The Labute approximate surface area is 209 Å². The second kappa shape index (κ2) is 12.8. The molecule has 0 spiro atoms. The second-order valence-electron chi connectivity index (χ2n) is 9.73. The van der Waals surface area contributed by atoms with Gasteiger partial charge in [0, 0.05) is 39.0 Å². The number of benzene rings is 1. The van der Waals surface area contributed by atoms with Crippen molar-refractivity contribution in [3.8, 4) is 0 Å². The van der Waals surface area contributed by atoms with Crippen molar-refractivity contribution in [3.05, 3.63) is 47.8 Å². The van der Waals surface area contributed by atoms with Crippen LogP contribution in [0.3, 0.4) is 0 Å². The zero-order valence-electron chi connectivity index (χ0n) is 21.8. The number of amidine groups is 1. The smallest absolute Gasteiger partial charge is 0.120 e. The Kier molecular flexibility index (Phi) is 9.31. The third-order valence-corrected chi connectivity index (χ3v) is 6.68. The van der Waals surface area contributed by atoms with Crippen LogP contribution in [-0.4, -0.2) is 86.8 Å². The molecule has 4 rings (SSSR count). The minimum absolute atomic E-state index is 0.763. The molecular weight excluding hydrogens is 436 g/mol. The molecule has 3 aromatic rings. The summed E-state index contributed by atoms with van der Waals surface area (Å²) in [6, 6.07) is 6.61. The van der Waals surface area contributed by atoms with E-state index in [9.17, 15) is 0 Å². The highest BCUT2D eigenvalue weighted by atomic mass is 15.3. The van der Waals surface area contributed by atoms with E-state index in [2.05, 4.69) is 68.7 Å². The van der Waals surface area contributed by atoms with E-state index in [1.165, 1.54) is 50.9 Å². The average molecular weight is 479 g/mol. The predicted octanol–water partition coefficient (Wildman–Crippen LogP) is 4.08. The highest BCUT2D eigenvalue weighted by molar-refractivity contribution is 5.85. The van der Waals surface area contributed by atoms with Gasteiger partial charge in [0.1, 0.15) is 17.5 Å². The highest BCUT2D eigenvalue weighted by Crippen LogP contribution is 2.18. The summed E-state index contributed by atoms with van der Waals surface area (Å²) in [4.78, 5) is 28.1. The summed E-state index contributed by atoms with van der Waals surface area (Å²) in [5.74, 6) is 3.23. The highest BCUT2D eigenvalue weighted by Gasteiger charge is 2.18. The lowest BCUT2D eigenvalue weighted by Gasteiger charge is -2.24. The van der Waals surface area contributed by atoms with Crippen molar-refractivity contribution in [3.63, 3.8) is 0 Å². The molecule has 1 aromatic carbocycles. The Morgan fingerprint density at radius 3 is 2.54 bits per heavy atom. The molecule has 0 atom stereocenters. The van der Waals surface area contributed by atoms with Crippen LogP contribution >= 0.6 is 0 Å². The molecule has 1 aliphatic rings. The fraction of sp³-hybridized carbons (Fsp3) is 0.593. The number of aromatic amines is 2. The quantitative estimate of drug-likeness (QED) is 0.322. The number of fused-ring (bicyclic) bond motifs is 1. The van der Waals surface area contributed by atoms with E-state index in [1.54, 1.807) is 0 Å². The van der Waals surface area contributed by atoms with Crippen molar-refractivity contribution in [1.82, 2.24) is 34.6 Å². The van der Waals surface area contributed by atoms with Crippen LogP contribution in [0.2, 0.25) is 0 Å². The molecular formula is C27H42N8. The van der Waals surface area contributed by atoms with Gasteiger partial charge in [-0.1, -0.05) is 19.9 Å². The molecule has 8 nitrogen and oxygen atoms in total. The first-order chi connectivity index (χ1) is 17.1. The van der Waals surface area contributed by atoms with Crippen LogP contribution in [0.1, 0.15) is 56.7 Å². The molecule has 0 bridgehead atoms. The SMILES string of the molecule is CCCN(CCC)CCCCc1nc2ccc(CN(CC3=NCCN3C)Cc3ncc[nH]3)cc2[nH]1. The third-order valence-electron chi connectivity index (χ3n) is 6.68. The van der Waals surface area contributed by atoms with Crippen LogP contribution in [0, 0.1) is 0 Å². The van der Waals surface area contributed by atoms with Gasteiger partial charge in [0.15, 0.2) is 0 Å². The number of hydrogen-bond acceptors (Lipinski definition) is 6. The number of H-pyrrole nitrogens is 2. The van der Waals surface area contributed by atoms with Crippen LogP contribution in [0.4, 0.5) is 0 Å². The van der Waals surface area contributed by atoms with Gasteiger partial charge in [-0.15, -0.1) is 0 Å². The molecule has 0 saturated carbocycles. The number of nitrogens with one attached hydrogen (secondary N) is 2. The summed E-state index contributed by atoms with van der Waals surface area (Å²) in [5.41, 5.74) is 3.46. The first-order valence-electron chi connectivity index (χ1n) is 13.3. The van der Waals surface area contributed by atoms with Gasteiger partial charge in [0.05, 0.1) is 30.7 Å². The zero-order chi connectivity index (χ0) is 24.5. The molecule has 0 aliphatic carbocycles. The zero-order valence-corrected chi connectivity index (χ0v) is 21.8. The molecule has 2 N–H and O–H groups in total. The molecule has 190 valence electrons. The van der Waals surface area contributed by atoms with E-state index in [-0.39, 0.29) is 0 Å². The molecule has 35 heavy (non-hydrogen) atoms. The molecule has 2 aromatic heterocycles. The molecule has 0 fully saturated rings. The van der Waals surface area contributed by atoms with E-state index in [1.807, 2.05) is 12.4 Å². The molecule has 0 radical (unpaired) electrons. The third kappa shape index (κ3) is 7.39. The van der Waals surface area contributed by atoms with E-state index >= 15 is 0 Å². The normalized spacial score (nSPS) is 14.1. The van der Waals surface area contributed by atoms with Crippen molar-refractivity contribution < 1.29 is 0 Å². The fourth-order valence-corrected chi connectivity index (χ4v) is 4.89. The van der Waals surface area contributed by atoms with Crippen LogP contribution in [0.15, 0.2) is 35.6 Å². The van der Waals surface area contributed by atoms with Gasteiger partial charge in [-0.2, -0.15) is 0 Å². The molecule has 1 aliphatic heterocycles. The minimum Gasteiger partial charge on any atom is -0.360 e. The Morgan fingerprint density at radius 2 is 1.83 bits per heavy atom. The van der Waals surface area contributed by atoms with Gasteiger partial charge in [0.25, 0.3) is 0 Å². The van der Waals surface area contributed by atoms with Crippen LogP contribution in [0.25, 0.3) is 11.0 Å². The maximum atomic E-state index is 4.85. The standard InChI is InChI=1S/C27H42N8/c1-4-14-34(15-5-2)16-7-6-8-25-31-23-10-9-22(18-24(23)32-25)19-35(20-26-28-11-12-29-26)21-27-30-13-17-33(27)3/h9-12,18H,4-8,13-17,19-21H2,1-3H3,(H,28,29)(H,31,32). The Morgan fingerprint density at radius 1 is 0.971 bits per heavy atom. The summed E-state index contributed by atoms with van der Waals surface area (Å²) in [6.45, 7) is 12.5. The second-order valence-corrected chi connectivity index (χ2v) is 9.73. The summed E-state index contributed by atoms with van der Waals surface area (Å²) in [7, 11) is 2.13. The number of rotatable bonds is 15. The van der Waals surface area contributed by atoms with Gasteiger partial charge in [-0.05, 0) is 63.0 Å². The Hall–Kier alpha value is -2.71. The van der Waals surface area contributed by atoms with Gasteiger partial charge >= 0.3 is 0 Å². The van der Waals surface area contributed by atoms with Crippen LogP contribution in [-0.2, 0) is 19.5 Å². The number of aryl methyl sites for hydroxylation is 1. The Balaban J connectivity index is 1.36.